The smallest absolute Gasteiger partial charge is 0.364 e. The molecule has 1 unspecified atom stereocenters. The first-order chi connectivity index (χ1) is 32.7. The number of aromatic nitrogens is 3. The Morgan fingerprint density at radius 3 is 1.88 bits per heavy atom. The second-order valence-corrected chi connectivity index (χ2v) is 25.1. The molecule has 0 radical (unpaired) electrons. The summed E-state index contributed by atoms with van der Waals surface area (Å²) >= 11 is 0. The molecule has 5 heterocycles. The van der Waals surface area contributed by atoms with Gasteiger partial charge >= 0.3 is 11.5 Å². The molecular formula is C62H51N3OSi+2. The molecule has 0 amide bonds. The van der Waals surface area contributed by atoms with Crippen LogP contribution < -0.4 is 14.3 Å². The fraction of sp³-hybridized carbons (Fsp3) is 0.129. The monoisotopic (exact) mass is 881 g/mol. The van der Waals surface area contributed by atoms with Crippen LogP contribution in [0.25, 0.3) is 94.7 Å². The van der Waals surface area contributed by atoms with E-state index in [1.165, 1.54) is 61.0 Å². The Labute approximate surface area is 392 Å². The van der Waals surface area contributed by atoms with Crippen molar-refractivity contribution in [2.75, 3.05) is 0 Å². The second kappa shape index (κ2) is 14.7. The van der Waals surface area contributed by atoms with Gasteiger partial charge in [-0.1, -0.05) is 167 Å². The van der Waals surface area contributed by atoms with Crippen LogP contribution in [0, 0.1) is 5.92 Å². The molecule has 11 aromatic rings. The first-order valence-corrected chi connectivity index (χ1v) is 27.3. The molecule has 0 aliphatic carbocycles. The fourth-order valence-corrected chi connectivity index (χ4v) is 13.3. The number of rotatable bonds is 7. The molecule has 3 aromatic heterocycles. The largest absolute Gasteiger partial charge is 0.455 e. The quantitative estimate of drug-likeness (QED) is 0.116. The van der Waals surface area contributed by atoms with Crippen LogP contribution in [-0.4, -0.2) is 12.6 Å². The van der Waals surface area contributed by atoms with Gasteiger partial charge in [-0.05, 0) is 100 Å². The predicted molar refractivity (Wildman–Crippen MR) is 278 cm³/mol. The third-order valence-corrected chi connectivity index (χ3v) is 16.5. The Kier molecular flexibility index (Phi) is 8.72. The molecule has 1 atom stereocenters. The number of nitrogens with zero attached hydrogens (tertiary/aromatic N) is 3. The normalized spacial score (nSPS) is 14.9. The zero-order valence-corrected chi connectivity index (χ0v) is 39.6. The maximum Gasteiger partial charge on any atom is 0.364 e. The van der Waals surface area contributed by atoms with Crippen molar-refractivity contribution in [3.05, 3.63) is 217 Å². The summed E-state index contributed by atoms with van der Waals surface area (Å²) in [6, 6.07) is 71.7. The lowest BCUT2D eigenvalue weighted by Gasteiger charge is -2.24. The van der Waals surface area contributed by atoms with Gasteiger partial charge < -0.3 is 4.42 Å². The highest BCUT2D eigenvalue weighted by Crippen LogP contribution is 2.53. The van der Waals surface area contributed by atoms with Crippen molar-refractivity contribution in [3.63, 3.8) is 0 Å². The van der Waals surface area contributed by atoms with E-state index in [9.17, 15) is 0 Å². The van der Waals surface area contributed by atoms with Crippen LogP contribution in [0.3, 0.4) is 0 Å². The zero-order chi connectivity index (χ0) is 45.2. The van der Waals surface area contributed by atoms with E-state index in [1.54, 1.807) is 0 Å². The Morgan fingerprint density at radius 1 is 0.567 bits per heavy atom. The summed E-state index contributed by atoms with van der Waals surface area (Å²) in [6.07, 6.45) is 3.62. The van der Waals surface area contributed by atoms with Gasteiger partial charge in [-0.2, -0.15) is 4.57 Å². The fourth-order valence-electron chi connectivity index (χ4n) is 11.6. The number of para-hydroxylation sites is 3. The average Bonchev–Trinajstić information content (AvgIpc) is 4.07. The summed E-state index contributed by atoms with van der Waals surface area (Å²) in [7, 11) is -1.90. The number of imidazole rings is 1. The highest BCUT2D eigenvalue weighted by Gasteiger charge is 2.67. The number of benzene rings is 8. The average molecular weight is 882 g/mol. The molecule has 13 rings (SSSR count). The van der Waals surface area contributed by atoms with E-state index in [4.69, 9.17) is 4.42 Å². The molecule has 322 valence electrons. The van der Waals surface area contributed by atoms with E-state index in [0.717, 1.165) is 62.0 Å². The molecule has 8 aromatic carbocycles. The Hall–Kier alpha value is -7.60. The number of hydrogen-bond donors (Lipinski definition) is 0. The van der Waals surface area contributed by atoms with Crippen molar-refractivity contribution in [2.24, 2.45) is 5.92 Å². The van der Waals surface area contributed by atoms with E-state index in [2.05, 4.69) is 248 Å². The van der Waals surface area contributed by atoms with Crippen molar-refractivity contribution in [1.29, 1.82) is 0 Å². The topological polar surface area (TPSA) is 25.8 Å². The minimum Gasteiger partial charge on any atom is -0.455 e. The van der Waals surface area contributed by atoms with E-state index >= 15 is 0 Å². The lowest BCUT2D eigenvalue weighted by molar-refractivity contribution is -0.944. The Balaban J connectivity index is 1.23. The molecule has 4 nitrogen and oxygen atoms in total. The first-order valence-electron chi connectivity index (χ1n) is 23.8. The van der Waals surface area contributed by atoms with E-state index in [1.807, 2.05) is 0 Å². The number of furan rings is 1. The van der Waals surface area contributed by atoms with E-state index < -0.39 is 13.7 Å². The van der Waals surface area contributed by atoms with Gasteiger partial charge in [0.15, 0.2) is 22.8 Å². The van der Waals surface area contributed by atoms with Crippen LogP contribution in [0.1, 0.15) is 30.5 Å². The summed E-state index contributed by atoms with van der Waals surface area (Å²) in [4.78, 5) is 0. The summed E-state index contributed by atoms with van der Waals surface area (Å²) < 4.78 is 15.1. The predicted octanol–water partition coefficient (Wildman–Crippen LogP) is 14.1. The summed E-state index contributed by atoms with van der Waals surface area (Å²) in [5.74, 6) is 1.62. The van der Waals surface area contributed by atoms with Gasteiger partial charge in [-0.15, -0.1) is 9.13 Å². The molecule has 0 fully saturated rings. The SMILES string of the molecule is CC(C)Cc1cc2[n+](cc1[Si](C)(C)C)C1(c3ccc(-c4ccccc4)cc3-2)c2ccc3c(oc4ccccc43)c2-c2n(-c3ccc(-c4ccccc4)cc3-c3ccccc3)c3ccccc3[n+]21. The molecule has 0 N–H and O–H groups in total. The highest BCUT2D eigenvalue weighted by molar-refractivity contribution is 6.89. The standard InChI is InChI=1S/C62H51N3OSi/c1-40(2)35-46-38-56-50-37-44(41-19-9-6-10-20-41)29-32-51(50)62(63(56)39-58(46)67(3,4)5)52-33-31-48-47-25-15-18-28-57(47)66-60(48)59(52)61-64(54-26-16-17-27-55(54)65(61)62)53-34-30-45(42-21-11-7-12-22-42)36-49(53)43-23-13-8-14-24-43/h6-34,36-40H,35H2,1-5H3/q+2. The van der Waals surface area contributed by atoms with Crippen molar-refractivity contribution in [3.8, 4) is 61.7 Å². The lowest BCUT2D eigenvalue weighted by Crippen LogP contribution is -2.72. The van der Waals surface area contributed by atoms with Gasteiger partial charge in [0.2, 0.25) is 5.69 Å². The second-order valence-electron chi connectivity index (χ2n) is 20.0. The van der Waals surface area contributed by atoms with Gasteiger partial charge in [-0.25, -0.2) is 0 Å². The van der Waals surface area contributed by atoms with Crippen LogP contribution in [0.5, 0.6) is 0 Å². The molecule has 5 heteroatoms. The number of pyridine rings is 1. The lowest BCUT2D eigenvalue weighted by atomic mass is 9.87. The van der Waals surface area contributed by atoms with Crippen molar-refractivity contribution < 1.29 is 13.6 Å². The van der Waals surface area contributed by atoms with Gasteiger partial charge in [0, 0.05) is 27.6 Å². The molecule has 1 spiro atoms. The minimum absolute atomic E-state index is 0.517. The van der Waals surface area contributed by atoms with Crippen LogP contribution in [-0.2, 0) is 12.1 Å². The minimum atomic E-state index is -1.90. The number of hydrogen-bond acceptors (Lipinski definition) is 1. The highest BCUT2D eigenvalue weighted by atomic mass is 28.3. The maximum absolute atomic E-state index is 7.20. The molecule has 2 aliphatic heterocycles. The molecule has 0 saturated carbocycles. The zero-order valence-electron chi connectivity index (χ0n) is 38.6. The van der Waals surface area contributed by atoms with Crippen LogP contribution in [0.2, 0.25) is 19.6 Å². The van der Waals surface area contributed by atoms with Gasteiger partial charge in [0.1, 0.15) is 16.8 Å². The first kappa shape index (κ1) is 39.7. The molecule has 67 heavy (non-hydrogen) atoms. The third-order valence-electron chi connectivity index (χ3n) is 14.4. The molecular weight excluding hydrogens is 831 g/mol. The summed E-state index contributed by atoms with van der Waals surface area (Å²) in [5, 5.41) is 3.75. The van der Waals surface area contributed by atoms with E-state index in [0.29, 0.717) is 5.92 Å². The molecule has 0 saturated heterocycles. The molecule has 0 bridgehead atoms. The van der Waals surface area contributed by atoms with Crippen molar-refractivity contribution in [2.45, 2.75) is 45.6 Å². The van der Waals surface area contributed by atoms with Crippen molar-refractivity contribution in [1.82, 2.24) is 4.57 Å². The van der Waals surface area contributed by atoms with Crippen molar-refractivity contribution >= 4 is 46.2 Å². The summed E-state index contributed by atoms with van der Waals surface area (Å²) in [6.45, 7) is 12.2. The van der Waals surface area contributed by atoms with Gasteiger partial charge in [0.25, 0.3) is 0 Å². The molecule has 2 aliphatic rings. The van der Waals surface area contributed by atoms with Crippen LogP contribution >= 0.6 is 0 Å². The van der Waals surface area contributed by atoms with Gasteiger partial charge in [-0.3, -0.25) is 0 Å². The Bertz CT molecular complexity index is 3780. The summed E-state index contributed by atoms with van der Waals surface area (Å²) in [5.41, 5.74) is 19.1. The number of fused-ring (bicyclic) bond motifs is 16. The van der Waals surface area contributed by atoms with Crippen LogP contribution in [0.4, 0.5) is 0 Å². The Morgan fingerprint density at radius 2 is 1.18 bits per heavy atom. The van der Waals surface area contributed by atoms with Crippen LogP contribution in [0.15, 0.2) is 205 Å². The third kappa shape index (κ3) is 5.77. The van der Waals surface area contributed by atoms with E-state index in [-0.39, 0.29) is 0 Å². The van der Waals surface area contributed by atoms with Gasteiger partial charge in [0.05, 0.1) is 24.8 Å². The maximum atomic E-state index is 7.20.